The Morgan fingerprint density at radius 1 is 1.05 bits per heavy atom. The van der Waals surface area contributed by atoms with Crippen LogP contribution in [0, 0.1) is 0 Å². The van der Waals surface area contributed by atoms with Crippen LogP contribution in [0.5, 0.6) is 0 Å². The van der Waals surface area contributed by atoms with Gasteiger partial charge in [-0.15, -0.1) is 0 Å². The molecule has 2 aliphatic carbocycles. The SMILES string of the molecule is CN(C)C(=O)CNC(=O)Nc1c2c(cc3c1CCC3)CCC2. The molecule has 0 heterocycles. The van der Waals surface area contributed by atoms with Crippen LogP contribution in [0.4, 0.5) is 10.5 Å². The third-order valence-electron chi connectivity index (χ3n) is 4.61. The Morgan fingerprint density at radius 2 is 1.64 bits per heavy atom. The summed E-state index contributed by atoms with van der Waals surface area (Å²) in [6, 6.07) is 2.05. The molecule has 3 rings (SSSR count). The summed E-state index contributed by atoms with van der Waals surface area (Å²) < 4.78 is 0. The number of carbonyl (C=O) groups is 2. The Hall–Kier alpha value is -2.04. The Balaban J connectivity index is 1.75. The Bertz CT molecular complexity index is 591. The van der Waals surface area contributed by atoms with Gasteiger partial charge < -0.3 is 15.5 Å². The topological polar surface area (TPSA) is 61.4 Å². The van der Waals surface area contributed by atoms with E-state index in [1.165, 1.54) is 27.2 Å². The van der Waals surface area contributed by atoms with Crippen molar-refractivity contribution in [1.82, 2.24) is 10.2 Å². The molecule has 0 unspecified atom stereocenters. The number of nitrogens with zero attached hydrogens (tertiary/aromatic N) is 1. The fourth-order valence-corrected chi connectivity index (χ4v) is 3.44. The second-order valence-electron chi connectivity index (χ2n) is 6.33. The van der Waals surface area contributed by atoms with Crippen molar-refractivity contribution in [1.29, 1.82) is 0 Å². The second kappa shape index (κ2) is 5.99. The summed E-state index contributed by atoms with van der Waals surface area (Å²) in [5.41, 5.74) is 6.39. The largest absolute Gasteiger partial charge is 0.347 e. The predicted octanol–water partition coefficient (Wildman–Crippen LogP) is 1.87. The van der Waals surface area contributed by atoms with Gasteiger partial charge in [0, 0.05) is 19.8 Å². The Labute approximate surface area is 131 Å². The number of likely N-dealkylation sites (N-methyl/N-ethyl adjacent to an activating group) is 1. The van der Waals surface area contributed by atoms with Crippen molar-refractivity contribution < 1.29 is 9.59 Å². The van der Waals surface area contributed by atoms with Gasteiger partial charge in [-0.05, 0) is 60.8 Å². The molecule has 0 atom stereocenters. The molecule has 1 aromatic carbocycles. The number of hydrogen-bond donors (Lipinski definition) is 2. The fraction of sp³-hybridized carbons (Fsp3) is 0.529. The lowest BCUT2D eigenvalue weighted by Crippen LogP contribution is -2.38. The van der Waals surface area contributed by atoms with Crippen molar-refractivity contribution in [3.8, 4) is 0 Å². The lowest BCUT2D eigenvalue weighted by Gasteiger charge is -2.17. The van der Waals surface area contributed by atoms with Gasteiger partial charge in [0.05, 0.1) is 6.54 Å². The van der Waals surface area contributed by atoms with Gasteiger partial charge in [0.2, 0.25) is 5.91 Å². The van der Waals surface area contributed by atoms with Crippen LogP contribution in [-0.2, 0) is 30.5 Å². The maximum absolute atomic E-state index is 12.1. The lowest BCUT2D eigenvalue weighted by molar-refractivity contribution is -0.127. The number of amides is 3. The number of benzene rings is 1. The highest BCUT2D eigenvalue weighted by Crippen LogP contribution is 2.38. The first-order valence-electron chi connectivity index (χ1n) is 7.97. The molecule has 0 radical (unpaired) electrons. The first-order chi connectivity index (χ1) is 10.6. The standard InChI is InChI=1S/C17H23N3O2/c1-20(2)15(21)10-18-17(22)19-16-13-7-3-5-11(13)9-12-6-4-8-14(12)16/h9H,3-8,10H2,1-2H3,(H2,18,19,22). The van der Waals surface area contributed by atoms with E-state index in [9.17, 15) is 9.59 Å². The van der Waals surface area contributed by atoms with Gasteiger partial charge in [-0.25, -0.2) is 4.79 Å². The summed E-state index contributed by atoms with van der Waals surface area (Å²) in [6.07, 6.45) is 6.61. The summed E-state index contributed by atoms with van der Waals surface area (Å²) in [5.74, 6) is -0.112. The van der Waals surface area contributed by atoms with Crippen LogP contribution in [0.3, 0.4) is 0 Å². The van der Waals surface area contributed by atoms with Gasteiger partial charge in [-0.2, -0.15) is 0 Å². The van der Waals surface area contributed by atoms with Crippen molar-refractivity contribution in [2.45, 2.75) is 38.5 Å². The average molecular weight is 301 g/mol. The summed E-state index contributed by atoms with van der Waals surface area (Å²) in [6.45, 7) is 0.0239. The van der Waals surface area contributed by atoms with Crippen molar-refractivity contribution >= 4 is 17.6 Å². The molecule has 118 valence electrons. The van der Waals surface area contributed by atoms with Crippen LogP contribution < -0.4 is 10.6 Å². The fourth-order valence-electron chi connectivity index (χ4n) is 3.44. The van der Waals surface area contributed by atoms with Crippen LogP contribution >= 0.6 is 0 Å². The molecule has 0 aliphatic heterocycles. The third kappa shape index (κ3) is 2.80. The number of carbonyl (C=O) groups excluding carboxylic acids is 2. The normalized spacial score (nSPS) is 15.2. The van der Waals surface area contributed by atoms with Crippen LogP contribution in [-0.4, -0.2) is 37.5 Å². The molecular formula is C17H23N3O2. The third-order valence-corrected chi connectivity index (χ3v) is 4.61. The molecule has 2 aliphatic rings. The zero-order chi connectivity index (χ0) is 15.7. The van der Waals surface area contributed by atoms with Gasteiger partial charge in [-0.1, -0.05) is 6.07 Å². The van der Waals surface area contributed by atoms with Crippen molar-refractivity contribution in [2.75, 3.05) is 26.0 Å². The van der Waals surface area contributed by atoms with E-state index in [2.05, 4.69) is 16.7 Å². The number of aryl methyl sites for hydroxylation is 2. The molecule has 1 aromatic rings. The summed E-state index contributed by atoms with van der Waals surface area (Å²) in [7, 11) is 3.36. The average Bonchev–Trinajstić information content (AvgIpc) is 3.12. The number of urea groups is 1. The molecule has 0 spiro atoms. The van der Waals surface area contributed by atoms with E-state index in [4.69, 9.17) is 0 Å². The van der Waals surface area contributed by atoms with Crippen molar-refractivity contribution in [3.05, 3.63) is 28.3 Å². The van der Waals surface area contributed by atoms with Crippen molar-refractivity contribution in [2.24, 2.45) is 0 Å². The molecule has 5 heteroatoms. The number of rotatable bonds is 3. The van der Waals surface area contributed by atoms with E-state index in [0.29, 0.717) is 0 Å². The highest BCUT2D eigenvalue weighted by atomic mass is 16.2. The molecular weight excluding hydrogens is 278 g/mol. The summed E-state index contributed by atoms with van der Waals surface area (Å²) in [5, 5.41) is 5.67. The number of hydrogen-bond acceptors (Lipinski definition) is 2. The highest BCUT2D eigenvalue weighted by Gasteiger charge is 2.24. The Morgan fingerprint density at radius 3 is 2.18 bits per heavy atom. The smallest absolute Gasteiger partial charge is 0.319 e. The number of fused-ring (bicyclic) bond motifs is 2. The maximum Gasteiger partial charge on any atom is 0.319 e. The molecule has 22 heavy (non-hydrogen) atoms. The van der Waals surface area contributed by atoms with Crippen LogP contribution in [0.1, 0.15) is 35.1 Å². The number of nitrogens with one attached hydrogen (secondary N) is 2. The van der Waals surface area contributed by atoms with Crippen LogP contribution in [0.25, 0.3) is 0 Å². The predicted molar refractivity (Wildman–Crippen MR) is 86.2 cm³/mol. The van der Waals surface area contributed by atoms with E-state index >= 15 is 0 Å². The zero-order valence-corrected chi connectivity index (χ0v) is 13.3. The molecule has 3 amide bonds. The van der Waals surface area contributed by atoms with Crippen LogP contribution in [0.2, 0.25) is 0 Å². The number of anilines is 1. The van der Waals surface area contributed by atoms with E-state index in [1.807, 2.05) is 0 Å². The molecule has 0 fully saturated rings. The van der Waals surface area contributed by atoms with Crippen LogP contribution in [0.15, 0.2) is 6.07 Å². The minimum atomic E-state index is -0.287. The Kier molecular flexibility index (Phi) is 4.05. The molecule has 2 N–H and O–H groups in total. The van der Waals surface area contributed by atoms with Gasteiger partial charge in [0.25, 0.3) is 0 Å². The summed E-state index contributed by atoms with van der Waals surface area (Å²) in [4.78, 5) is 25.2. The second-order valence-corrected chi connectivity index (χ2v) is 6.33. The minimum absolute atomic E-state index is 0.0239. The molecule has 0 bridgehead atoms. The molecule has 0 saturated heterocycles. The quantitative estimate of drug-likeness (QED) is 0.895. The minimum Gasteiger partial charge on any atom is -0.347 e. The van der Waals surface area contributed by atoms with E-state index in [-0.39, 0.29) is 18.5 Å². The molecule has 0 saturated carbocycles. The van der Waals surface area contributed by atoms with Gasteiger partial charge in [-0.3, -0.25) is 4.79 Å². The monoisotopic (exact) mass is 301 g/mol. The van der Waals surface area contributed by atoms with Gasteiger partial charge in [0.1, 0.15) is 0 Å². The van der Waals surface area contributed by atoms with Crippen molar-refractivity contribution in [3.63, 3.8) is 0 Å². The zero-order valence-electron chi connectivity index (χ0n) is 13.3. The lowest BCUT2D eigenvalue weighted by atomic mass is 9.99. The first-order valence-corrected chi connectivity index (χ1v) is 7.97. The molecule has 5 nitrogen and oxygen atoms in total. The highest BCUT2D eigenvalue weighted by molar-refractivity contribution is 5.94. The van der Waals surface area contributed by atoms with E-state index < -0.39 is 0 Å². The summed E-state index contributed by atoms with van der Waals surface area (Å²) >= 11 is 0. The first kappa shape index (κ1) is 14.9. The van der Waals surface area contributed by atoms with Gasteiger partial charge in [0.15, 0.2) is 0 Å². The van der Waals surface area contributed by atoms with Gasteiger partial charge >= 0.3 is 6.03 Å². The molecule has 0 aromatic heterocycles. The maximum atomic E-state index is 12.1. The van der Waals surface area contributed by atoms with E-state index in [0.717, 1.165) is 44.2 Å². The van der Waals surface area contributed by atoms with E-state index in [1.54, 1.807) is 14.1 Å².